The van der Waals surface area contributed by atoms with E-state index in [-0.39, 0.29) is 23.3 Å². The summed E-state index contributed by atoms with van der Waals surface area (Å²) in [5.74, 6) is -1.12. The maximum atomic E-state index is 13.7. The quantitative estimate of drug-likeness (QED) is 0.469. The minimum atomic E-state index is -4.73. The van der Waals surface area contributed by atoms with Gasteiger partial charge < -0.3 is 4.90 Å². The van der Waals surface area contributed by atoms with E-state index in [1.807, 2.05) is 0 Å². The first-order valence-corrected chi connectivity index (χ1v) is 10.8. The fourth-order valence-corrected chi connectivity index (χ4v) is 4.40. The molecular formula is C22H22ClF4N5O. The molecule has 0 fully saturated rings. The van der Waals surface area contributed by atoms with E-state index >= 15 is 0 Å². The van der Waals surface area contributed by atoms with Crippen molar-refractivity contribution < 1.29 is 22.4 Å². The van der Waals surface area contributed by atoms with Crippen LogP contribution in [0.5, 0.6) is 0 Å². The number of halogens is 5. The first-order chi connectivity index (χ1) is 15.5. The van der Waals surface area contributed by atoms with Gasteiger partial charge in [-0.1, -0.05) is 25.4 Å². The van der Waals surface area contributed by atoms with Gasteiger partial charge >= 0.3 is 6.18 Å². The maximum Gasteiger partial charge on any atom is 0.436 e. The lowest BCUT2D eigenvalue weighted by Crippen LogP contribution is -2.42. The van der Waals surface area contributed by atoms with Gasteiger partial charge in [-0.05, 0) is 49.9 Å². The molecule has 0 saturated heterocycles. The van der Waals surface area contributed by atoms with Crippen LogP contribution in [-0.4, -0.2) is 32.0 Å². The van der Waals surface area contributed by atoms with E-state index < -0.39 is 22.9 Å². The van der Waals surface area contributed by atoms with Crippen LogP contribution < -0.4 is 4.90 Å². The van der Waals surface area contributed by atoms with E-state index in [0.717, 1.165) is 10.4 Å². The van der Waals surface area contributed by atoms with Crippen LogP contribution in [-0.2, 0) is 17.4 Å². The van der Waals surface area contributed by atoms with E-state index in [2.05, 4.69) is 10.2 Å². The molecule has 3 heterocycles. The average Bonchev–Trinajstić information content (AvgIpc) is 3.30. The van der Waals surface area contributed by atoms with Crippen molar-refractivity contribution in [2.75, 3.05) is 11.4 Å². The summed E-state index contributed by atoms with van der Waals surface area (Å²) in [6, 6.07) is 4.85. The van der Waals surface area contributed by atoms with Gasteiger partial charge in [-0.25, -0.2) is 9.07 Å². The molecule has 1 aliphatic rings. The van der Waals surface area contributed by atoms with Crippen molar-refractivity contribution in [1.29, 1.82) is 0 Å². The summed E-state index contributed by atoms with van der Waals surface area (Å²) in [7, 11) is 0. The number of benzene rings is 1. The predicted octanol–water partition coefficient (Wildman–Crippen LogP) is 5.37. The van der Waals surface area contributed by atoms with E-state index in [9.17, 15) is 22.4 Å². The number of fused-ring (bicyclic) bond motifs is 1. The van der Waals surface area contributed by atoms with Crippen LogP contribution >= 0.6 is 11.6 Å². The molecule has 0 saturated carbocycles. The second-order valence-electron chi connectivity index (χ2n) is 8.34. The zero-order chi connectivity index (χ0) is 24.1. The number of hydrogen-bond donors (Lipinski definition) is 0. The first-order valence-electron chi connectivity index (χ1n) is 10.5. The summed E-state index contributed by atoms with van der Waals surface area (Å²) < 4.78 is 56.1. The molecule has 11 heteroatoms. The van der Waals surface area contributed by atoms with Gasteiger partial charge in [-0.3, -0.25) is 9.48 Å². The number of amides is 1. The van der Waals surface area contributed by atoms with Gasteiger partial charge in [0, 0.05) is 6.54 Å². The van der Waals surface area contributed by atoms with Crippen molar-refractivity contribution in [2.24, 2.45) is 5.92 Å². The molecule has 1 amide bonds. The van der Waals surface area contributed by atoms with Crippen molar-refractivity contribution in [3.63, 3.8) is 0 Å². The van der Waals surface area contributed by atoms with E-state index in [4.69, 9.17) is 11.6 Å². The van der Waals surface area contributed by atoms with Crippen LogP contribution in [0.4, 0.5) is 23.2 Å². The third kappa shape index (κ3) is 4.12. The second kappa shape index (κ2) is 8.48. The van der Waals surface area contributed by atoms with Crippen molar-refractivity contribution in [3.8, 4) is 5.69 Å². The van der Waals surface area contributed by atoms with Crippen LogP contribution in [0.3, 0.4) is 0 Å². The van der Waals surface area contributed by atoms with E-state index in [1.165, 1.54) is 19.1 Å². The highest BCUT2D eigenvalue weighted by molar-refractivity contribution is 6.32. The summed E-state index contributed by atoms with van der Waals surface area (Å²) in [4.78, 5) is 15.2. The normalized spacial score (nSPS) is 15.1. The smallest absolute Gasteiger partial charge is 0.307 e. The minimum absolute atomic E-state index is 0.0790. The third-order valence-electron chi connectivity index (χ3n) is 5.76. The molecule has 0 bridgehead atoms. The molecular weight excluding hydrogens is 462 g/mol. The second-order valence-corrected chi connectivity index (χ2v) is 8.72. The van der Waals surface area contributed by atoms with E-state index in [0.29, 0.717) is 30.8 Å². The van der Waals surface area contributed by atoms with Crippen molar-refractivity contribution in [2.45, 2.75) is 45.8 Å². The number of hydrogen-bond acceptors (Lipinski definition) is 3. The minimum Gasteiger partial charge on any atom is -0.307 e. The molecule has 3 aromatic rings. The van der Waals surface area contributed by atoms with Crippen LogP contribution in [0.15, 0.2) is 30.5 Å². The molecule has 1 unspecified atom stereocenters. The molecule has 1 atom stereocenters. The van der Waals surface area contributed by atoms with Gasteiger partial charge in [-0.15, -0.1) is 0 Å². The van der Waals surface area contributed by atoms with E-state index in [1.54, 1.807) is 41.8 Å². The Morgan fingerprint density at radius 2 is 1.85 bits per heavy atom. The standard InChI is InChI=1S/C22H22ClF4N5O/c1-12(2)19(31-13(3)18(23)20(29-31)22(25,26)27)21(33)30-10-4-5-16-17(30)11-28-32(16)15-8-6-14(24)7-9-15/h6-9,11-12,19H,4-5,10H2,1-3H3. The first kappa shape index (κ1) is 23.3. The van der Waals surface area contributed by atoms with Crippen LogP contribution in [0.1, 0.15) is 43.4 Å². The molecule has 1 aromatic carbocycles. The van der Waals surface area contributed by atoms with Gasteiger partial charge in [0.25, 0.3) is 5.91 Å². The molecule has 0 spiro atoms. The zero-order valence-corrected chi connectivity index (χ0v) is 19.0. The molecule has 0 aliphatic carbocycles. The van der Waals surface area contributed by atoms with Crippen molar-refractivity contribution in [1.82, 2.24) is 19.6 Å². The SMILES string of the molecule is Cc1c(Cl)c(C(F)(F)F)nn1C(C(=O)N1CCCc2c1cnn2-c1ccc(F)cc1)C(C)C. The lowest BCUT2D eigenvalue weighted by atomic mass is 10.0. The third-order valence-corrected chi connectivity index (χ3v) is 6.22. The Bertz CT molecular complexity index is 1180. The summed E-state index contributed by atoms with van der Waals surface area (Å²) in [6.45, 7) is 5.31. The average molecular weight is 484 g/mol. The lowest BCUT2D eigenvalue weighted by Gasteiger charge is -2.32. The highest BCUT2D eigenvalue weighted by atomic mass is 35.5. The topological polar surface area (TPSA) is 56.0 Å². The molecule has 0 radical (unpaired) electrons. The monoisotopic (exact) mass is 483 g/mol. The van der Waals surface area contributed by atoms with Gasteiger partial charge in [0.2, 0.25) is 0 Å². The Morgan fingerprint density at radius 1 is 1.18 bits per heavy atom. The molecule has 2 aromatic heterocycles. The van der Waals surface area contributed by atoms with Gasteiger partial charge in [0.15, 0.2) is 5.69 Å². The van der Waals surface area contributed by atoms with Gasteiger partial charge in [0.05, 0.1) is 34.0 Å². The molecule has 0 N–H and O–H groups in total. The molecule has 1 aliphatic heterocycles. The highest BCUT2D eigenvalue weighted by Gasteiger charge is 2.41. The summed E-state index contributed by atoms with van der Waals surface area (Å²) in [6.07, 6.45) is -1.89. The zero-order valence-electron chi connectivity index (χ0n) is 18.2. The van der Waals surface area contributed by atoms with Gasteiger partial charge in [0.1, 0.15) is 11.9 Å². The molecule has 6 nitrogen and oxygen atoms in total. The molecule has 4 rings (SSSR count). The van der Waals surface area contributed by atoms with Crippen molar-refractivity contribution in [3.05, 3.63) is 58.4 Å². The molecule has 33 heavy (non-hydrogen) atoms. The van der Waals surface area contributed by atoms with Gasteiger partial charge in [-0.2, -0.15) is 23.4 Å². The number of carbonyl (C=O) groups is 1. The summed E-state index contributed by atoms with van der Waals surface area (Å²) >= 11 is 5.93. The fourth-order valence-electron chi connectivity index (χ4n) is 4.17. The Hall–Kier alpha value is -2.88. The lowest BCUT2D eigenvalue weighted by molar-refractivity contribution is -0.142. The van der Waals surface area contributed by atoms with Crippen molar-refractivity contribution >= 4 is 23.2 Å². The van der Waals surface area contributed by atoms with Crippen LogP contribution in [0.25, 0.3) is 5.69 Å². The largest absolute Gasteiger partial charge is 0.436 e. The Balaban J connectivity index is 1.73. The number of anilines is 1. The maximum absolute atomic E-state index is 13.7. The number of alkyl halides is 3. The molecule has 176 valence electrons. The fraction of sp³-hybridized carbons (Fsp3) is 0.409. The summed E-state index contributed by atoms with van der Waals surface area (Å²) in [5, 5.41) is 7.56. The number of aromatic nitrogens is 4. The van der Waals surface area contributed by atoms with Crippen LogP contribution in [0, 0.1) is 18.7 Å². The number of rotatable bonds is 4. The Kier molecular flexibility index (Phi) is 5.98. The highest BCUT2D eigenvalue weighted by Crippen LogP contribution is 2.38. The summed E-state index contributed by atoms with van der Waals surface area (Å²) in [5.41, 5.74) is 0.874. The Morgan fingerprint density at radius 3 is 2.42 bits per heavy atom. The van der Waals surface area contributed by atoms with Crippen LogP contribution in [0.2, 0.25) is 5.02 Å². The predicted molar refractivity (Wildman–Crippen MR) is 115 cm³/mol. The Labute approximate surface area is 192 Å². The number of carbonyl (C=O) groups excluding carboxylic acids is 1. The number of nitrogens with zero attached hydrogens (tertiary/aromatic N) is 5.